The number of fused-ring (bicyclic) bond motifs is 1. The van der Waals surface area contributed by atoms with Crippen molar-refractivity contribution in [3.63, 3.8) is 0 Å². The Morgan fingerprint density at radius 2 is 2.12 bits per heavy atom. The zero-order chi connectivity index (χ0) is 17.2. The second-order valence-corrected chi connectivity index (χ2v) is 6.17. The van der Waals surface area contributed by atoms with Gasteiger partial charge in [-0.3, -0.25) is 0 Å². The number of nitrogens with zero attached hydrogens (tertiary/aromatic N) is 2. The molecular weight excluding hydrogens is 345 g/mol. The predicted octanol–water partition coefficient (Wildman–Crippen LogP) is 4.33. The Labute approximate surface area is 148 Å². The number of aromatic nitrogens is 2. The van der Waals surface area contributed by atoms with Crippen molar-refractivity contribution in [1.82, 2.24) is 9.97 Å². The van der Waals surface area contributed by atoms with Crippen LogP contribution in [0.15, 0.2) is 42.7 Å². The summed E-state index contributed by atoms with van der Waals surface area (Å²) < 4.78 is 24.5. The van der Waals surface area contributed by atoms with Crippen LogP contribution >= 0.6 is 11.6 Å². The first-order valence-electron chi connectivity index (χ1n) is 7.90. The smallest absolute Gasteiger partial charge is 0.141 e. The van der Waals surface area contributed by atoms with Crippen molar-refractivity contribution in [3.8, 4) is 5.75 Å². The maximum absolute atomic E-state index is 13.3. The topological polar surface area (TPSA) is 56.3 Å². The molecule has 1 aromatic heterocycles. The van der Waals surface area contributed by atoms with E-state index in [1.165, 1.54) is 18.5 Å². The Morgan fingerprint density at radius 1 is 1.20 bits per heavy atom. The molecule has 0 saturated carbocycles. The summed E-state index contributed by atoms with van der Waals surface area (Å²) in [4.78, 5) is 8.57. The zero-order valence-electron chi connectivity index (χ0n) is 13.2. The number of rotatable bonds is 4. The number of hydrogen-bond donors (Lipinski definition) is 1. The molecule has 4 rings (SSSR count). The highest BCUT2D eigenvalue weighted by Gasteiger charge is 2.17. The molecule has 128 valence electrons. The number of anilines is 2. The van der Waals surface area contributed by atoms with Gasteiger partial charge in [-0.25, -0.2) is 14.4 Å². The molecular formula is C18H15ClFN3O2. The van der Waals surface area contributed by atoms with Crippen molar-refractivity contribution in [2.45, 2.75) is 12.5 Å². The predicted molar refractivity (Wildman–Crippen MR) is 94.1 cm³/mol. The SMILES string of the molecule is Fc1ccc(Nc2ncnc3cc(O[C@@H]4CCOC4)ccc23)cc1Cl. The van der Waals surface area contributed by atoms with Crippen molar-refractivity contribution in [1.29, 1.82) is 0 Å². The molecule has 1 fully saturated rings. The Balaban J connectivity index is 1.61. The second-order valence-electron chi connectivity index (χ2n) is 5.76. The normalized spacial score (nSPS) is 17.0. The lowest BCUT2D eigenvalue weighted by atomic mass is 10.2. The van der Waals surface area contributed by atoms with Gasteiger partial charge in [0.05, 0.1) is 23.8 Å². The van der Waals surface area contributed by atoms with Gasteiger partial charge < -0.3 is 14.8 Å². The van der Waals surface area contributed by atoms with E-state index in [4.69, 9.17) is 21.1 Å². The number of halogens is 2. The molecule has 0 amide bonds. The first kappa shape index (κ1) is 16.1. The van der Waals surface area contributed by atoms with Crippen molar-refractivity contribution in [2.24, 2.45) is 0 Å². The third kappa shape index (κ3) is 3.50. The average Bonchev–Trinajstić information content (AvgIpc) is 3.11. The van der Waals surface area contributed by atoms with E-state index in [9.17, 15) is 4.39 Å². The van der Waals surface area contributed by atoms with Gasteiger partial charge in [0.15, 0.2) is 0 Å². The van der Waals surface area contributed by atoms with Gasteiger partial charge >= 0.3 is 0 Å². The molecule has 0 radical (unpaired) electrons. The molecule has 2 heterocycles. The van der Waals surface area contributed by atoms with Gasteiger partial charge in [0.1, 0.15) is 29.8 Å². The van der Waals surface area contributed by atoms with Crippen LogP contribution in [0.1, 0.15) is 6.42 Å². The molecule has 0 spiro atoms. The van der Waals surface area contributed by atoms with Crippen LogP contribution in [0.25, 0.3) is 10.9 Å². The molecule has 1 atom stereocenters. The van der Waals surface area contributed by atoms with Crippen LogP contribution in [0.4, 0.5) is 15.9 Å². The Morgan fingerprint density at radius 3 is 2.92 bits per heavy atom. The minimum atomic E-state index is -0.461. The van der Waals surface area contributed by atoms with Crippen LogP contribution < -0.4 is 10.1 Å². The molecule has 25 heavy (non-hydrogen) atoms. The van der Waals surface area contributed by atoms with Gasteiger partial charge in [-0.15, -0.1) is 0 Å². The highest BCUT2D eigenvalue weighted by atomic mass is 35.5. The fourth-order valence-electron chi connectivity index (χ4n) is 2.72. The van der Waals surface area contributed by atoms with Gasteiger partial charge in [0, 0.05) is 23.6 Å². The van der Waals surface area contributed by atoms with E-state index in [1.807, 2.05) is 18.2 Å². The van der Waals surface area contributed by atoms with E-state index < -0.39 is 5.82 Å². The monoisotopic (exact) mass is 359 g/mol. The third-order valence-corrected chi connectivity index (χ3v) is 4.27. The summed E-state index contributed by atoms with van der Waals surface area (Å²) in [6.45, 7) is 1.34. The lowest BCUT2D eigenvalue weighted by molar-refractivity contribution is 0.141. The minimum absolute atomic E-state index is 0.0535. The lowest BCUT2D eigenvalue weighted by Gasteiger charge is -2.13. The molecule has 1 saturated heterocycles. The number of benzene rings is 2. The molecule has 3 aromatic rings. The van der Waals surface area contributed by atoms with Crippen LogP contribution in [0, 0.1) is 5.82 Å². The van der Waals surface area contributed by atoms with Crippen molar-refractivity contribution >= 4 is 34.0 Å². The number of ether oxygens (including phenoxy) is 2. The van der Waals surface area contributed by atoms with Crippen LogP contribution in [0.3, 0.4) is 0 Å². The maximum Gasteiger partial charge on any atom is 0.141 e. The summed E-state index contributed by atoms with van der Waals surface area (Å²) in [5.41, 5.74) is 1.40. The summed E-state index contributed by atoms with van der Waals surface area (Å²) >= 11 is 5.83. The van der Waals surface area contributed by atoms with E-state index in [-0.39, 0.29) is 11.1 Å². The summed E-state index contributed by atoms with van der Waals surface area (Å²) in [6, 6.07) is 10.1. The van der Waals surface area contributed by atoms with Crippen molar-refractivity contribution in [3.05, 3.63) is 53.6 Å². The Kier molecular flexibility index (Phi) is 4.38. The summed E-state index contributed by atoms with van der Waals surface area (Å²) in [7, 11) is 0. The van der Waals surface area contributed by atoms with E-state index in [1.54, 1.807) is 6.07 Å². The average molecular weight is 360 g/mol. The number of hydrogen-bond acceptors (Lipinski definition) is 5. The molecule has 1 aliphatic rings. The molecule has 0 bridgehead atoms. The quantitative estimate of drug-likeness (QED) is 0.751. The van der Waals surface area contributed by atoms with Crippen LogP contribution in [-0.4, -0.2) is 29.3 Å². The zero-order valence-corrected chi connectivity index (χ0v) is 14.0. The lowest BCUT2D eigenvalue weighted by Crippen LogP contribution is -2.15. The fourth-order valence-corrected chi connectivity index (χ4v) is 2.90. The summed E-state index contributed by atoms with van der Waals surface area (Å²) in [5.74, 6) is 0.901. The highest BCUT2D eigenvalue weighted by molar-refractivity contribution is 6.31. The van der Waals surface area contributed by atoms with Crippen molar-refractivity contribution < 1.29 is 13.9 Å². The third-order valence-electron chi connectivity index (χ3n) is 3.98. The van der Waals surface area contributed by atoms with E-state index >= 15 is 0 Å². The first-order valence-corrected chi connectivity index (χ1v) is 8.28. The van der Waals surface area contributed by atoms with Crippen molar-refractivity contribution in [2.75, 3.05) is 18.5 Å². The molecule has 1 N–H and O–H groups in total. The molecule has 5 nitrogen and oxygen atoms in total. The Bertz CT molecular complexity index is 916. The minimum Gasteiger partial charge on any atom is -0.488 e. The van der Waals surface area contributed by atoms with Crippen LogP contribution in [0.2, 0.25) is 5.02 Å². The molecule has 1 aliphatic heterocycles. The van der Waals surface area contributed by atoms with Gasteiger partial charge in [-0.1, -0.05) is 11.6 Å². The Hall–Kier alpha value is -2.44. The number of nitrogens with one attached hydrogen (secondary N) is 1. The van der Waals surface area contributed by atoms with Gasteiger partial charge in [-0.05, 0) is 30.3 Å². The van der Waals surface area contributed by atoms with Crippen LogP contribution in [0.5, 0.6) is 5.75 Å². The van der Waals surface area contributed by atoms with Gasteiger partial charge in [0.2, 0.25) is 0 Å². The first-order chi connectivity index (χ1) is 12.2. The summed E-state index contributed by atoms with van der Waals surface area (Å²) in [5, 5.41) is 4.03. The molecule has 0 aliphatic carbocycles. The van der Waals surface area contributed by atoms with E-state index in [0.717, 1.165) is 29.7 Å². The fraction of sp³-hybridized carbons (Fsp3) is 0.222. The van der Waals surface area contributed by atoms with E-state index in [2.05, 4.69) is 15.3 Å². The van der Waals surface area contributed by atoms with Crippen LogP contribution in [-0.2, 0) is 4.74 Å². The summed E-state index contributed by atoms with van der Waals surface area (Å²) in [6.07, 6.45) is 2.44. The highest BCUT2D eigenvalue weighted by Crippen LogP contribution is 2.28. The largest absolute Gasteiger partial charge is 0.488 e. The molecule has 7 heteroatoms. The second kappa shape index (κ2) is 6.82. The molecule has 2 aromatic carbocycles. The van der Waals surface area contributed by atoms with Gasteiger partial charge in [0.25, 0.3) is 0 Å². The maximum atomic E-state index is 13.3. The standard InChI is InChI=1S/C18H15ClFN3O2/c19-15-7-11(1-4-16(15)20)23-18-14-3-2-12(8-17(14)21-10-22-18)25-13-5-6-24-9-13/h1-4,7-8,10,13H,5-6,9H2,(H,21,22,23)/t13-/m1/s1. The van der Waals surface area contributed by atoms with Gasteiger partial charge in [-0.2, -0.15) is 0 Å². The van der Waals surface area contributed by atoms with E-state index in [0.29, 0.717) is 18.1 Å². The molecule has 0 unspecified atom stereocenters.